The van der Waals surface area contributed by atoms with E-state index < -0.39 is 4.92 Å². The van der Waals surface area contributed by atoms with Gasteiger partial charge in [0.15, 0.2) is 0 Å². The van der Waals surface area contributed by atoms with Crippen LogP contribution in [0.2, 0.25) is 5.02 Å². The summed E-state index contributed by atoms with van der Waals surface area (Å²) in [7, 11) is 1.35. The number of benzene rings is 2. The molecular formula is C20H22ClN3O4. The van der Waals surface area contributed by atoms with Gasteiger partial charge in [0.1, 0.15) is 5.69 Å². The first kappa shape index (κ1) is 20.1. The SMILES string of the molecule is COC(=O)CC1CN(Cc2ccccc2)CCN1c1cc(Cl)ccc1[N+](=O)[O-]. The van der Waals surface area contributed by atoms with E-state index in [0.29, 0.717) is 23.8 Å². The van der Waals surface area contributed by atoms with Crippen molar-refractivity contribution in [1.82, 2.24) is 4.90 Å². The summed E-state index contributed by atoms with van der Waals surface area (Å²) in [5.41, 5.74) is 1.60. The molecule has 1 aliphatic rings. The molecule has 1 atom stereocenters. The lowest BCUT2D eigenvalue weighted by Gasteiger charge is -2.42. The number of esters is 1. The average Bonchev–Trinajstić information content (AvgIpc) is 2.68. The zero-order chi connectivity index (χ0) is 20.1. The fourth-order valence-electron chi connectivity index (χ4n) is 3.55. The second-order valence-corrected chi connectivity index (χ2v) is 7.17. The van der Waals surface area contributed by atoms with Gasteiger partial charge in [0.25, 0.3) is 5.69 Å². The zero-order valence-corrected chi connectivity index (χ0v) is 16.3. The maximum atomic E-state index is 12.0. The van der Waals surface area contributed by atoms with Gasteiger partial charge in [-0.3, -0.25) is 19.8 Å². The van der Waals surface area contributed by atoms with Gasteiger partial charge in [-0.15, -0.1) is 0 Å². The predicted molar refractivity (Wildman–Crippen MR) is 108 cm³/mol. The van der Waals surface area contributed by atoms with Crippen LogP contribution < -0.4 is 4.90 Å². The molecule has 1 fully saturated rings. The number of carbonyl (C=O) groups excluding carboxylic acids is 1. The minimum absolute atomic E-state index is 0.0178. The molecule has 0 N–H and O–H groups in total. The van der Waals surface area contributed by atoms with Gasteiger partial charge in [0, 0.05) is 37.3 Å². The van der Waals surface area contributed by atoms with Crippen molar-refractivity contribution < 1.29 is 14.5 Å². The van der Waals surface area contributed by atoms with Crippen LogP contribution in [0.25, 0.3) is 0 Å². The molecular weight excluding hydrogens is 382 g/mol. The fraction of sp³-hybridized carbons (Fsp3) is 0.350. The van der Waals surface area contributed by atoms with Gasteiger partial charge >= 0.3 is 5.97 Å². The smallest absolute Gasteiger partial charge is 0.307 e. The van der Waals surface area contributed by atoms with Crippen molar-refractivity contribution in [3.05, 3.63) is 69.2 Å². The number of ether oxygens (including phenoxy) is 1. The number of rotatable bonds is 6. The van der Waals surface area contributed by atoms with Crippen molar-refractivity contribution >= 4 is 28.9 Å². The van der Waals surface area contributed by atoms with Gasteiger partial charge < -0.3 is 9.64 Å². The highest BCUT2D eigenvalue weighted by Gasteiger charge is 2.33. The molecule has 1 aliphatic heterocycles. The van der Waals surface area contributed by atoms with Crippen LogP contribution in [0.4, 0.5) is 11.4 Å². The van der Waals surface area contributed by atoms with E-state index in [4.69, 9.17) is 16.3 Å². The Hall–Kier alpha value is -2.64. The van der Waals surface area contributed by atoms with Gasteiger partial charge in [0.2, 0.25) is 0 Å². The van der Waals surface area contributed by atoms with Crippen LogP contribution >= 0.6 is 11.6 Å². The van der Waals surface area contributed by atoms with Crippen LogP contribution in [0.1, 0.15) is 12.0 Å². The molecule has 0 amide bonds. The summed E-state index contributed by atoms with van der Waals surface area (Å²) in [4.78, 5) is 27.2. The third-order valence-electron chi connectivity index (χ3n) is 4.89. The van der Waals surface area contributed by atoms with E-state index in [1.54, 1.807) is 6.07 Å². The lowest BCUT2D eigenvalue weighted by Crippen LogP contribution is -2.53. The number of nitrogens with zero attached hydrogens (tertiary/aromatic N) is 3. The molecule has 2 aromatic carbocycles. The Morgan fingerprint density at radius 1 is 1.25 bits per heavy atom. The molecule has 0 bridgehead atoms. The van der Waals surface area contributed by atoms with Crippen molar-refractivity contribution in [2.45, 2.75) is 19.0 Å². The van der Waals surface area contributed by atoms with Crippen LogP contribution in [-0.2, 0) is 16.1 Å². The number of piperazine rings is 1. The summed E-state index contributed by atoms with van der Waals surface area (Å²) in [6, 6.07) is 14.3. The summed E-state index contributed by atoms with van der Waals surface area (Å²) in [6.07, 6.45) is 0.144. The average molecular weight is 404 g/mol. The van der Waals surface area contributed by atoms with Crippen LogP contribution in [0.5, 0.6) is 0 Å². The van der Waals surface area contributed by atoms with Crippen molar-refractivity contribution in [2.24, 2.45) is 0 Å². The molecule has 1 saturated heterocycles. The number of hydrogen-bond donors (Lipinski definition) is 0. The Morgan fingerprint density at radius 3 is 2.68 bits per heavy atom. The van der Waals surface area contributed by atoms with E-state index >= 15 is 0 Å². The molecule has 1 unspecified atom stereocenters. The first-order valence-corrected chi connectivity index (χ1v) is 9.39. The number of anilines is 1. The first-order valence-electron chi connectivity index (χ1n) is 9.01. The number of halogens is 1. The number of nitro benzene ring substituents is 1. The highest BCUT2D eigenvalue weighted by Crippen LogP contribution is 2.34. The van der Waals surface area contributed by atoms with E-state index in [1.807, 2.05) is 23.1 Å². The molecule has 28 heavy (non-hydrogen) atoms. The predicted octanol–water partition coefficient (Wildman–Crippen LogP) is 3.50. The molecule has 0 aromatic heterocycles. The molecule has 1 heterocycles. The quantitative estimate of drug-likeness (QED) is 0.417. The van der Waals surface area contributed by atoms with E-state index in [-0.39, 0.29) is 24.1 Å². The Labute approximate surface area is 168 Å². The standard InChI is InChI=1S/C20H22ClN3O4/c1-28-20(25)12-17-14-22(13-15-5-3-2-4-6-15)9-10-23(17)19-11-16(21)7-8-18(19)24(26)27/h2-8,11,17H,9-10,12-14H2,1H3. The lowest BCUT2D eigenvalue weighted by molar-refractivity contribution is -0.384. The highest BCUT2D eigenvalue weighted by molar-refractivity contribution is 6.31. The summed E-state index contributed by atoms with van der Waals surface area (Å²) < 4.78 is 4.85. The zero-order valence-electron chi connectivity index (χ0n) is 15.6. The first-order chi connectivity index (χ1) is 13.5. The van der Waals surface area contributed by atoms with Crippen molar-refractivity contribution in [2.75, 3.05) is 31.6 Å². The van der Waals surface area contributed by atoms with Crippen molar-refractivity contribution in [3.63, 3.8) is 0 Å². The Kier molecular flexibility index (Phi) is 6.49. The van der Waals surface area contributed by atoms with Crippen LogP contribution in [0.3, 0.4) is 0 Å². The third kappa shape index (κ3) is 4.79. The van der Waals surface area contributed by atoms with Gasteiger partial charge in [0.05, 0.1) is 24.5 Å². The summed E-state index contributed by atoms with van der Waals surface area (Å²) in [6.45, 7) is 2.61. The number of methoxy groups -OCH3 is 1. The minimum Gasteiger partial charge on any atom is -0.469 e. The summed E-state index contributed by atoms with van der Waals surface area (Å²) in [5, 5.41) is 11.9. The monoisotopic (exact) mass is 403 g/mol. The fourth-order valence-corrected chi connectivity index (χ4v) is 3.72. The maximum Gasteiger partial charge on any atom is 0.307 e. The summed E-state index contributed by atoms with van der Waals surface area (Å²) >= 11 is 6.11. The Balaban J connectivity index is 1.86. The van der Waals surface area contributed by atoms with Crippen molar-refractivity contribution in [1.29, 1.82) is 0 Å². The highest BCUT2D eigenvalue weighted by atomic mass is 35.5. The normalized spacial score (nSPS) is 17.4. The molecule has 148 valence electrons. The molecule has 2 aromatic rings. The molecule has 0 spiro atoms. The number of nitro groups is 1. The minimum atomic E-state index is -0.419. The van der Waals surface area contributed by atoms with Crippen molar-refractivity contribution in [3.8, 4) is 0 Å². The van der Waals surface area contributed by atoms with Gasteiger partial charge in [-0.25, -0.2) is 0 Å². The van der Waals surface area contributed by atoms with E-state index in [1.165, 1.54) is 24.8 Å². The third-order valence-corrected chi connectivity index (χ3v) is 5.12. The van der Waals surface area contributed by atoms with Gasteiger partial charge in [-0.2, -0.15) is 0 Å². The summed E-state index contributed by atoms with van der Waals surface area (Å²) in [5.74, 6) is -0.346. The van der Waals surface area contributed by atoms with E-state index in [2.05, 4.69) is 17.0 Å². The van der Waals surface area contributed by atoms with E-state index in [9.17, 15) is 14.9 Å². The second kappa shape index (κ2) is 9.03. The van der Waals surface area contributed by atoms with Gasteiger partial charge in [-0.05, 0) is 17.7 Å². The lowest BCUT2D eigenvalue weighted by atomic mass is 10.1. The molecule has 8 heteroatoms. The molecule has 0 aliphatic carbocycles. The molecule has 7 nitrogen and oxygen atoms in total. The van der Waals surface area contributed by atoms with Crippen LogP contribution in [0, 0.1) is 10.1 Å². The number of hydrogen-bond acceptors (Lipinski definition) is 6. The Bertz CT molecular complexity index is 847. The molecule has 3 rings (SSSR count). The second-order valence-electron chi connectivity index (χ2n) is 6.74. The molecule has 0 radical (unpaired) electrons. The molecule has 0 saturated carbocycles. The largest absolute Gasteiger partial charge is 0.469 e. The van der Waals surface area contributed by atoms with Crippen LogP contribution in [-0.4, -0.2) is 48.6 Å². The van der Waals surface area contributed by atoms with Crippen LogP contribution in [0.15, 0.2) is 48.5 Å². The Morgan fingerprint density at radius 2 is 2.00 bits per heavy atom. The van der Waals surface area contributed by atoms with Gasteiger partial charge in [-0.1, -0.05) is 41.9 Å². The van der Waals surface area contributed by atoms with E-state index in [0.717, 1.165) is 13.1 Å². The number of carbonyl (C=O) groups is 1. The maximum absolute atomic E-state index is 12.0. The topological polar surface area (TPSA) is 75.9 Å².